The van der Waals surface area contributed by atoms with Gasteiger partial charge in [0.1, 0.15) is 5.69 Å². The Labute approximate surface area is 142 Å². The molecule has 5 rings (SSSR count). The van der Waals surface area contributed by atoms with Crippen LogP contribution < -0.4 is 14.2 Å². The molecule has 1 N–H and O–H groups in total. The average Bonchev–Trinajstić information content (AvgIpc) is 3.19. The minimum absolute atomic E-state index is 0.0423. The third-order valence-electron chi connectivity index (χ3n) is 4.63. The molecule has 0 aliphatic carbocycles. The summed E-state index contributed by atoms with van der Waals surface area (Å²) in [6, 6.07) is 14.0. The number of nitrogens with one attached hydrogen (secondary N) is 1. The molecule has 1 atom stereocenters. The van der Waals surface area contributed by atoms with Crippen LogP contribution in [0.3, 0.4) is 0 Å². The average molecular weight is 338 g/mol. The van der Waals surface area contributed by atoms with E-state index in [0.29, 0.717) is 0 Å². The molecule has 0 bridgehead atoms. The summed E-state index contributed by atoms with van der Waals surface area (Å²) in [4.78, 5) is 12.5. The van der Waals surface area contributed by atoms with Crippen molar-refractivity contribution in [2.45, 2.75) is 6.04 Å². The number of carbonyl (C=O) groups is 1. The van der Waals surface area contributed by atoms with Crippen LogP contribution in [0.5, 0.6) is 11.5 Å². The number of ether oxygens (including phenoxy) is 2. The highest BCUT2D eigenvalue weighted by Crippen LogP contribution is 2.42. The zero-order valence-electron chi connectivity index (χ0n) is 12.9. The molecule has 120 valence electrons. The van der Waals surface area contributed by atoms with Gasteiger partial charge in [0.15, 0.2) is 11.5 Å². The molecule has 0 amide bonds. The zero-order chi connectivity index (χ0) is 16.3. The zero-order valence-corrected chi connectivity index (χ0v) is 13.7. The summed E-state index contributed by atoms with van der Waals surface area (Å²) in [5.41, 5.74) is 3.89. The van der Waals surface area contributed by atoms with Crippen LogP contribution in [0.15, 0.2) is 42.5 Å². The maximum atomic E-state index is 12.5. The highest BCUT2D eigenvalue weighted by atomic mass is 32.2. The van der Waals surface area contributed by atoms with Gasteiger partial charge >= 0.3 is 0 Å². The van der Waals surface area contributed by atoms with E-state index >= 15 is 0 Å². The van der Waals surface area contributed by atoms with Gasteiger partial charge in [-0.2, -0.15) is 0 Å². The first-order chi connectivity index (χ1) is 11.7. The van der Waals surface area contributed by atoms with Crippen molar-refractivity contribution in [3.05, 3.63) is 59.3 Å². The van der Waals surface area contributed by atoms with Crippen molar-refractivity contribution >= 4 is 28.0 Å². The predicted molar refractivity (Wildman–Crippen MR) is 92.4 cm³/mol. The van der Waals surface area contributed by atoms with E-state index in [1.807, 2.05) is 48.0 Å². The van der Waals surface area contributed by atoms with Crippen molar-refractivity contribution in [1.29, 1.82) is 0 Å². The molecule has 1 unspecified atom stereocenters. The summed E-state index contributed by atoms with van der Waals surface area (Å²) in [5, 5.41) is 1.14. The number of hydrogen-bond donors (Lipinski definition) is 1. The van der Waals surface area contributed by atoms with Crippen LogP contribution in [0.1, 0.15) is 27.7 Å². The molecule has 2 aliphatic rings. The molecular weight excluding hydrogens is 324 g/mol. The second-order valence-electron chi connectivity index (χ2n) is 5.89. The Morgan fingerprint density at radius 2 is 2.00 bits per heavy atom. The summed E-state index contributed by atoms with van der Waals surface area (Å²) in [6.07, 6.45) is 0. The summed E-state index contributed by atoms with van der Waals surface area (Å²) < 4.78 is 16.2. The lowest BCUT2D eigenvalue weighted by atomic mass is 9.96. The van der Waals surface area contributed by atoms with Crippen LogP contribution in [-0.4, -0.2) is 16.5 Å². The maximum Gasteiger partial charge on any atom is 0.250 e. The van der Waals surface area contributed by atoms with Crippen molar-refractivity contribution in [1.82, 2.24) is 9.29 Å². The molecule has 3 heterocycles. The van der Waals surface area contributed by atoms with Crippen molar-refractivity contribution in [2.24, 2.45) is 7.05 Å². The molecule has 2 aromatic carbocycles. The summed E-state index contributed by atoms with van der Waals surface area (Å²) in [6.45, 7) is 0.254. The van der Waals surface area contributed by atoms with E-state index in [4.69, 9.17) is 9.47 Å². The normalized spacial score (nSPS) is 18.9. The van der Waals surface area contributed by atoms with Crippen LogP contribution >= 0.6 is 11.9 Å². The van der Waals surface area contributed by atoms with E-state index in [2.05, 4.69) is 10.8 Å². The van der Waals surface area contributed by atoms with E-state index in [0.717, 1.165) is 51.2 Å². The van der Waals surface area contributed by atoms with Gasteiger partial charge in [-0.1, -0.05) is 24.3 Å². The van der Waals surface area contributed by atoms with Crippen molar-refractivity contribution in [2.75, 3.05) is 6.79 Å². The molecule has 0 spiro atoms. The number of nitrogens with zero attached hydrogens (tertiary/aromatic N) is 1. The number of para-hydroxylation sites is 1. The van der Waals surface area contributed by atoms with Gasteiger partial charge in [0, 0.05) is 35.5 Å². The van der Waals surface area contributed by atoms with E-state index in [9.17, 15) is 4.79 Å². The summed E-state index contributed by atoms with van der Waals surface area (Å²) in [5.74, 6) is 1.51. The van der Waals surface area contributed by atoms with Gasteiger partial charge in [-0.05, 0) is 23.8 Å². The van der Waals surface area contributed by atoms with Gasteiger partial charge in [0.25, 0.3) is 5.12 Å². The van der Waals surface area contributed by atoms with Gasteiger partial charge in [0.2, 0.25) is 6.79 Å². The molecule has 3 aromatic rings. The lowest BCUT2D eigenvalue weighted by Gasteiger charge is -2.24. The lowest BCUT2D eigenvalue weighted by molar-refractivity contribution is 0.107. The number of aromatic nitrogens is 1. The molecule has 0 radical (unpaired) electrons. The topological polar surface area (TPSA) is 52.5 Å². The van der Waals surface area contributed by atoms with Gasteiger partial charge in [-0.3, -0.25) is 4.79 Å². The number of benzene rings is 2. The first-order valence-electron chi connectivity index (χ1n) is 7.67. The second-order valence-corrected chi connectivity index (χ2v) is 6.70. The second kappa shape index (κ2) is 5.03. The molecule has 2 aliphatic heterocycles. The molecule has 24 heavy (non-hydrogen) atoms. The fraction of sp³-hybridized carbons (Fsp3) is 0.167. The van der Waals surface area contributed by atoms with E-state index in [-0.39, 0.29) is 18.0 Å². The quantitative estimate of drug-likeness (QED) is 0.689. The third kappa shape index (κ3) is 1.84. The molecule has 0 fully saturated rings. The standard InChI is InChI=1S/C18H14N2O3S/c1-20-12-5-3-2-4-11(12)15-16(19-24-18(21)17(15)20)10-6-7-13-14(8-10)23-9-22-13/h2-8,16,19H,9H2,1H3. The van der Waals surface area contributed by atoms with Crippen LogP contribution in [0, 0.1) is 0 Å². The lowest BCUT2D eigenvalue weighted by Crippen LogP contribution is -2.26. The Morgan fingerprint density at radius 3 is 2.92 bits per heavy atom. The van der Waals surface area contributed by atoms with Crippen molar-refractivity contribution < 1.29 is 14.3 Å². The first kappa shape index (κ1) is 13.9. The van der Waals surface area contributed by atoms with Crippen LogP contribution in [0.25, 0.3) is 10.9 Å². The Hall–Kier alpha value is -2.44. The minimum Gasteiger partial charge on any atom is -0.454 e. The van der Waals surface area contributed by atoms with E-state index < -0.39 is 0 Å². The Balaban J connectivity index is 1.75. The minimum atomic E-state index is -0.0803. The Bertz CT molecular complexity index is 995. The molecule has 5 nitrogen and oxygen atoms in total. The molecule has 0 saturated heterocycles. The summed E-state index contributed by atoms with van der Waals surface area (Å²) >= 11 is 1.14. The largest absolute Gasteiger partial charge is 0.454 e. The number of rotatable bonds is 1. The first-order valence-corrected chi connectivity index (χ1v) is 8.49. The SMILES string of the molecule is Cn1c2c(c3ccccc31)C(c1ccc3c(c1)OCO3)NSC2=O. The molecular formula is C18H14N2O3S. The highest BCUT2D eigenvalue weighted by Gasteiger charge is 2.33. The van der Waals surface area contributed by atoms with Gasteiger partial charge < -0.3 is 14.0 Å². The van der Waals surface area contributed by atoms with Gasteiger partial charge in [-0.25, -0.2) is 4.72 Å². The van der Waals surface area contributed by atoms with E-state index in [1.54, 1.807) is 0 Å². The highest BCUT2D eigenvalue weighted by molar-refractivity contribution is 8.12. The van der Waals surface area contributed by atoms with Crippen LogP contribution in [0.2, 0.25) is 0 Å². The van der Waals surface area contributed by atoms with Gasteiger partial charge in [-0.15, -0.1) is 0 Å². The van der Waals surface area contributed by atoms with Crippen LogP contribution in [0.4, 0.5) is 0 Å². The smallest absolute Gasteiger partial charge is 0.250 e. The monoisotopic (exact) mass is 338 g/mol. The molecule has 6 heteroatoms. The fourth-order valence-corrected chi connectivity index (χ4v) is 4.33. The number of aryl methyl sites for hydroxylation is 1. The van der Waals surface area contributed by atoms with Crippen molar-refractivity contribution in [3.63, 3.8) is 0 Å². The third-order valence-corrected chi connectivity index (χ3v) is 5.36. The molecule has 1 aromatic heterocycles. The Morgan fingerprint density at radius 1 is 1.17 bits per heavy atom. The number of carbonyl (C=O) groups excluding carboxylic acids is 1. The molecule has 0 saturated carbocycles. The number of hydrogen-bond acceptors (Lipinski definition) is 5. The maximum absolute atomic E-state index is 12.5. The number of fused-ring (bicyclic) bond motifs is 4. The van der Waals surface area contributed by atoms with Crippen LogP contribution in [-0.2, 0) is 7.05 Å². The predicted octanol–water partition coefficient (Wildman–Crippen LogP) is 3.39. The Kier molecular flexibility index (Phi) is 2.92. The fourth-order valence-electron chi connectivity index (χ4n) is 3.51. The van der Waals surface area contributed by atoms with E-state index in [1.165, 1.54) is 0 Å². The van der Waals surface area contributed by atoms with Gasteiger partial charge in [0.05, 0.1) is 6.04 Å². The summed E-state index contributed by atoms with van der Waals surface area (Å²) in [7, 11) is 1.95. The van der Waals surface area contributed by atoms with Crippen molar-refractivity contribution in [3.8, 4) is 11.5 Å².